The molecule has 1 amide bonds. The van der Waals surface area contributed by atoms with E-state index >= 15 is 0 Å². The monoisotopic (exact) mass is 838 g/mol. The first-order chi connectivity index (χ1) is 28.2. The molecule has 342 valence electrons. The second kappa shape index (κ2) is 43.6. The SMILES string of the molecule is CCCCCCCCCCCCC/C=C\CCCCCCCCC(O)C(=O)NC(CS(=O)(=O)O)C(O)/C=C/CC/C=C/CCCCCCCCCCCCCCCC. The van der Waals surface area contributed by atoms with Crippen molar-refractivity contribution in [3.05, 3.63) is 36.5 Å². The van der Waals surface area contributed by atoms with E-state index in [4.69, 9.17) is 0 Å². The number of hydrogen-bond acceptors (Lipinski definition) is 5. The number of aliphatic hydroxyl groups is 2. The van der Waals surface area contributed by atoms with Crippen molar-refractivity contribution in [2.75, 3.05) is 5.75 Å². The molecule has 0 radical (unpaired) electrons. The molecule has 0 aliphatic rings. The van der Waals surface area contributed by atoms with Crippen molar-refractivity contribution in [2.24, 2.45) is 0 Å². The summed E-state index contributed by atoms with van der Waals surface area (Å²) in [6, 6.07) is -1.25. The van der Waals surface area contributed by atoms with Crippen LogP contribution in [0.1, 0.15) is 251 Å². The van der Waals surface area contributed by atoms with Crippen LogP contribution < -0.4 is 5.32 Å². The molecule has 8 heteroatoms. The van der Waals surface area contributed by atoms with Gasteiger partial charge in [0.15, 0.2) is 0 Å². The molecule has 0 aromatic carbocycles. The van der Waals surface area contributed by atoms with Crippen molar-refractivity contribution in [3.63, 3.8) is 0 Å². The van der Waals surface area contributed by atoms with Crippen LogP contribution in [0.5, 0.6) is 0 Å². The van der Waals surface area contributed by atoms with Gasteiger partial charge in [-0.05, 0) is 57.8 Å². The molecule has 0 aromatic rings. The summed E-state index contributed by atoms with van der Waals surface area (Å²) in [6.45, 7) is 4.54. The van der Waals surface area contributed by atoms with Gasteiger partial charge < -0.3 is 15.5 Å². The third-order valence-electron chi connectivity index (χ3n) is 11.4. The largest absolute Gasteiger partial charge is 0.387 e. The van der Waals surface area contributed by atoms with Crippen molar-refractivity contribution in [1.82, 2.24) is 5.32 Å². The molecule has 3 atom stereocenters. The number of nitrogens with one attached hydrogen (secondary N) is 1. The number of rotatable bonds is 45. The predicted octanol–water partition coefficient (Wildman–Crippen LogP) is 14.2. The van der Waals surface area contributed by atoms with Gasteiger partial charge in [-0.2, -0.15) is 8.42 Å². The lowest BCUT2D eigenvalue weighted by molar-refractivity contribution is -0.130. The first-order valence-corrected chi connectivity index (χ1v) is 26.4. The minimum Gasteiger partial charge on any atom is -0.387 e. The summed E-state index contributed by atoms with van der Waals surface area (Å²) in [5.41, 5.74) is 0. The van der Waals surface area contributed by atoms with Gasteiger partial charge in [-0.15, -0.1) is 0 Å². The van der Waals surface area contributed by atoms with Crippen LogP contribution in [0.25, 0.3) is 0 Å². The van der Waals surface area contributed by atoms with Crippen LogP contribution in [-0.4, -0.2) is 53.1 Å². The lowest BCUT2D eigenvalue weighted by atomic mass is 10.0. The molecule has 0 aliphatic heterocycles. The van der Waals surface area contributed by atoms with Crippen LogP contribution in [0.3, 0.4) is 0 Å². The summed E-state index contributed by atoms with van der Waals surface area (Å²) in [7, 11) is -4.46. The summed E-state index contributed by atoms with van der Waals surface area (Å²) in [4.78, 5) is 12.7. The molecule has 0 aromatic heterocycles. The maximum atomic E-state index is 12.7. The fourth-order valence-electron chi connectivity index (χ4n) is 7.59. The maximum Gasteiger partial charge on any atom is 0.267 e. The Labute approximate surface area is 359 Å². The van der Waals surface area contributed by atoms with E-state index in [1.54, 1.807) is 6.08 Å². The van der Waals surface area contributed by atoms with Crippen molar-refractivity contribution >= 4 is 16.0 Å². The maximum absolute atomic E-state index is 12.7. The van der Waals surface area contributed by atoms with Crippen molar-refractivity contribution in [3.8, 4) is 0 Å². The fourth-order valence-corrected chi connectivity index (χ4v) is 8.32. The molecule has 0 spiro atoms. The Hall–Kier alpha value is -1.48. The van der Waals surface area contributed by atoms with Crippen LogP contribution in [0.2, 0.25) is 0 Å². The summed E-state index contributed by atoms with van der Waals surface area (Å²) in [5.74, 6) is -1.56. The third-order valence-corrected chi connectivity index (χ3v) is 12.2. The molecule has 0 saturated heterocycles. The van der Waals surface area contributed by atoms with Crippen LogP contribution in [0, 0.1) is 0 Å². The molecule has 7 nitrogen and oxygen atoms in total. The highest BCUT2D eigenvalue weighted by atomic mass is 32.2. The zero-order valence-corrected chi connectivity index (χ0v) is 38.9. The number of amides is 1. The number of carbonyl (C=O) groups is 1. The molecule has 0 rings (SSSR count). The van der Waals surface area contributed by atoms with E-state index < -0.39 is 40.0 Å². The van der Waals surface area contributed by atoms with Crippen molar-refractivity contribution in [2.45, 2.75) is 270 Å². The second-order valence-corrected chi connectivity index (χ2v) is 18.7. The smallest absolute Gasteiger partial charge is 0.267 e. The molecule has 4 N–H and O–H groups in total. The minimum atomic E-state index is -4.46. The van der Waals surface area contributed by atoms with Gasteiger partial charge in [0.25, 0.3) is 10.1 Å². The number of carbonyl (C=O) groups excluding carboxylic acids is 1. The van der Waals surface area contributed by atoms with E-state index in [1.165, 1.54) is 186 Å². The Balaban J connectivity index is 3.96. The first kappa shape index (κ1) is 56.5. The molecule has 0 heterocycles. The Morgan fingerprint density at radius 2 is 0.776 bits per heavy atom. The van der Waals surface area contributed by atoms with E-state index in [0.29, 0.717) is 12.8 Å². The first-order valence-electron chi connectivity index (χ1n) is 24.8. The molecule has 0 fully saturated rings. The van der Waals surface area contributed by atoms with Crippen molar-refractivity contribution in [1.29, 1.82) is 0 Å². The summed E-state index contributed by atoms with van der Waals surface area (Å²) >= 11 is 0. The average molecular weight is 838 g/mol. The number of hydrogen-bond donors (Lipinski definition) is 4. The van der Waals surface area contributed by atoms with E-state index in [2.05, 4.69) is 43.5 Å². The van der Waals surface area contributed by atoms with Gasteiger partial charge in [0.1, 0.15) is 6.10 Å². The van der Waals surface area contributed by atoms with Gasteiger partial charge in [0.05, 0.1) is 17.9 Å². The molecule has 3 unspecified atom stereocenters. The summed E-state index contributed by atoms with van der Waals surface area (Å²) in [5, 5.41) is 23.5. The Morgan fingerprint density at radius 3 is 1.14 bits per heavy atom. The van der Waals surface area contributed by atoms with E-state index in [0.717, 1.165) is 38.5 Å². The average Bonchev–Trinajstić information content (AvgIpc) is 3.19. The Bertz CT molecular complexity index is 1070. The molecule has 0 saturated carbocycles. The zero-order valence-electron chi connectivity index (χ0n) is 38.0. The van der Waals surface area contributed by atoms with Gasteiger partial charge in [-0.3, -0.25) is 9.35 Å². The highest BCUT2D eigenvalue weighted by Crippen LogP contribution is 2.16. The number of unbranched alkanes of at least 4 members (excludes halogenated alkanes) is 32. The standard InChI is InChI=1S/C50H95NO6S/c1-3-5-7-9-11-13-15-17-19-21-23-25-27-29-31-33-35-37-39-41-43-45-49(53)50(54)51-47(46-58(55,56)57)48(52)44-42-40-38-36-34-32-30-28-26-24-22-20-18-16-14-12-10-8-6-4-2/h27,29,34,36,42,44,47-49,52-53H,3-26,28,30-33,35,37-41,43,45-46H2,1-2H3,(H,51,54)(H,55,56,57)/b29-27-,36-34+,44-42+. The molecule has 58 heavy (non-hydrogen) atoms. The lowest BCUT2D eigenvalue weighted by Crippen LogP contribution is -2.50. The van der Waals surface area contributed by atoms with E-state index in [-0.39, 0.29) is 6.42 Å². The lowest BCUT2D eigenvalue weighted by Gasteiger charge is -2.22. The van der Waals surface area contributed by atoms with Gasteiger partial charge in [0.2, 0.25) is 5.91 Å². The molecular formula is C50H95NO6S. The predicted molar refractivity (Wildman–Crippen MR) is 250 cm³/mol. The van der Waals surface area contributed by atoms with Gasteiger partial charge in [0, 0.05) is 0 Å². The van der Waals surface area contributed by atoms with E-state index in [1.807, 2.05) is 0 Å². The normalized spacial score (nSPS) is 13.9. The van der Waals surface area contributed by atoms with Gasteiger partial charge in [-0.1, -0.05) is 230 Å². The fraction of sp³-hybridized carbons (Fsp3) is 0.860. The zero-order chi connectivity index (χ0) is 42.6. The topological polar surface area (TPSA) is 124 Å². The third kappa shape index (κ3) is 42.6. The Kier molecular flexibility index (Phi) is 42.5. The highest BCUT2D eigenvalue weighted by molar-refractivity contribution is 7.85. The molecule has 0 aliphatic carbocycles. The second-order valence-electron chi connectivity index (χ2n) is 17.2. The summed E-state index contributed by atoms with van der Waals surface area (Å²) < 4.78 is 32.7. The van der Waals surface area contributed by atoms with Gasteiger partial charge >= 0.3 is 0 Å². The number of allylic oxidation sites excluding steroid dienone is 5. The summed E-state index contributed by atoms with van der Waals surface area (Å²) in [6.07, 6.45) is 55.0. The van der Waals surface area contributed by atoms with Crippen LogP contribution in [0.15, 0.2) is 36.5 Å². The minimum absolute atomic E-state index is 0.268. The van der Waals surface area contributed by atoms with Crippen LogP contribution in [0.4, 0.5) is 0 Å². The molecule has 0 bridgehead atoms. The molecular weight excluding hydrogens is 743 g/mol. The number of aliphatic hydroxyl groups excluding tert-OH is 2. The Morgan fingerprint density at radius 1 is 0.466 bits per heavy atom. The quantitative estimate of drug-likeness (QED) is 0.0275. The van der Waals surface area contributed by atoms with Gasteiger partial charge in [-0.25, -0.2) is 0 Å². The van der Waals surface area contributed by atoms with Crippen LogP contribution >= 0.6 is 0 Å². The van der Waals surface area contributed by atoms with Crippen molar-refractivity contribution < 1.29 is 28.0 Å². The van der Waals surface area contributed by atoms with Crippen LogP contribution in [-0.2, 0) is 14.9 Å². The van der Waals surface area contributed by atoms with E-state index in [9.17, 15) is 28.0 Å². The highest BCUT2D eigenvalue weighted by Gasteiger charge is 2.27.